The van der Waals surface area contributed by atoms with E-state index in [2.05, 4.69) is 13.2 Å². The molecule has 0 aromatic heterocycles. The molecule has 4 heteroatoms. The lowest BCUT2D eigenvalue weighted by Crippen LogP contribution is -1.67. The van der Waals surface area contributed by atoms with Crippen LogP contribution in [0.5, 0.6) is 0 Å². The van der Waals surface area contributed by atoms with E-state index in [9.17, 15) is 4.57 Å². The molecule has 0 aromatic carbocycles. The Morgan fingerprint density at radius 3 is 2.00 bits per heavy atom. The molecule has 1 atom stereocenters. The number of allylic oxidation sites excluding steroid dienone is 2. The summed E-state index contributed by atoms with van der Waals surface area (Å²) in [7, 11) is -2.38. The van der Waals surface area contributed by atoms with Crippen LogP contribution in [0, 0.1) is 0 Å². The van der Waals surface area contributed by atoms with Gasteiger partial charge < -0.3 is 0 Å². The van der Waals surface area contributed by atoms with Crippen LogP contribution in [0.4, 0.5) is 0 Å². The van der Waals surface area contributed by atoms with E-state index in [0.29, 0.717) is 0 Å². The van der Waals surface area contributed by atoms with E-state index in [1.54, 1.807) is 0 Å². The molecule has 0 amide bonds. The minimum atomic E-state index is -2.38. The standard InChI is InChI=1S/C4H4ClO2P/c1-3(5)4(2)8(6)7/h1-2H2/p+1. The first-order valence-electron chi connectivity index (χ1n) is 1.75. The Hall–Kier alpha value is -0.170. The van der Waals surface area contributed by atoms with Gasteiger partial charge in [0.05, 0.1) is 5.03 Å². The number of rotatable bonds is 2. The van der Waals surface area contributed by atoms with Crippen molar-refractivity contribution in [2.75, 3.05) is 0 Å². The van der Waals surface area contributed by atoms with E-state index in [0.717, 1.165) is 0 Å². The number of halogens is 1. The third-order valence-corrected chi connectivity index (χ3v) is 1.64. The first-order valence-corrected chi connectivity index (χ1v) is 3.34. The summed E-state index contributed by atoms with van der Waals surface area (Å²) in [5.41, 5.74) is 0. The summed E-state index contributed by atoms with van der Waals surface area (Å²) in [6, 6.07) is 0. The second-order valence-electron chi connectivity index (χ2n) is 1.12. The topological polar surface area (TPSA) is 37.3 Å². The molecule has 1 N–H and O–H groups in total. The highest BCUT2D eigenvalue weighted by molar-refractivity contribution is 7.43. The predicted molar refractivity (Wildman–Crippen MR) is 34.0 cm³/mol. The zero-order valence-electron chi connectivity index (χ0n) is 4.09. The Morgan fingerprint density at radius 1 is 1.62 bits per heavy atom. The van der Waals surface area contributed by atoms with E-state index < -0.39 is 8.03 Å². The lowest BCUT2D eigenvalue weighted by molar-refractivity contribution is 0.510. The van der Waals surface area contributed by atoms with Crippen LogP contribution in [0.2, 0.25) is 0 Å². The van der Waals surface area contributed by atoms with Crippen molar-refractivity contribution in [3.05, 3.63) is 23.5 Å². The molecule has 0 saturated heterocycles. The van der Waals surface area contributed by atoms with Gasteiger partial charge in [-0.15, -0.1) is 0 Å². The van der Waals surface area contributed by atoms with E-state index in [4.69, 9.17) is 16.5 Å². The van der Waals surface area contributed by atoms with Gasteiger partial charge in [0.1, 0.15) is 0 Å². The third-order valence-electron chi connectivity index (χ3n) is 0.544. The SMILES string of the molecule is C=C(Cl)C(=C)[P+](=O)O. The molecule has 0 rings (SSSR count). The second kappa shape index (κ2) is 2.98. The maximum absolute atomic E-state index is 10.0. The highest BCUT2D eigenvalue weighted by Crippen LogP contribution is 2.32. The Morgan fingerprint density at radius 2 is 2.00 bits per heavy atom. The first kappa shape index (κ1) is 7.83. The van der Waals surface area contributed by atoms with Crippen molar-refractivity contribution in [1.82, 2.24) is 0 Å². The van der Waals surface area contributed by atoms with Crippen LogP contribution in [0.1, 0.15) is 0 Å². The van der Waals surface area contributed by atoms with Crippen LogP contribution >= 0.6 is 19.6 Å². The van der Waals surface area contributed by atoms with Crippen molar-refractivity contribution < 1.29 is 9.46 Å². The van der Waals surface area contributed by atoms with E-state index in [1.165, 1.54) is 0 Å². The average Bonchev–Trinajstić information content (AvgIpc) is 1.64. The third kappa shape index (κ3) is 2.22. The zero-order chi connectivity index (χ0) is 6.73. The molecule has 0 heterocycles. The van der Waals surface area contributed by atoms with Crippen molar-refractivity contribution in [1.29, 1.82) is 0 Å². The largest absolute Gasteiger partial charge is 0.547 e. The van der Waals surface area contributed by atoms with Crippen LogP contribution in [0.25, 0.3) is 0 Å². The van der Waals surface area contributed by atoms with Crippen molar-refractivity contribution in [2.24, 2.45) is 0 Å². The Bertz CT molecular complexity index is 136. The van der Waals surface area contributed by atoms with E-state index in [1.807, 2.05) is 0 Å². The van der Waals surface area contributed by atoms with Gasteiger partial charge in [0, 0.05) is 0 Å². The minimum absolute atomic E-state index is 0.0123. The van der Waals surface area contributed by atoms with Gasteiger partial charge in [0.2, 0.25) is 5.31 Å². The van der Waals surface area contributed by atoms with Crippen molar-refractivity contribution in [2.45, 2.75) is 0 Å². The zero-order valence-corrected chi connectivity index (χ0v) is 5.75. The van der Waals surface area contributed by atoms with Gasteiger partial charge in [0.15, 0.2) is 0 Å². The molecular weight excluding hydrogens is 146 g/mol. The molecule has 0 bridgehead atoms. The van der Waals surface area contributed by atoms with Crippen LogP contribution in [0.3, 0.4) is 0 Å². The van der Waals surface area contributed by atoms with Gasteiger partial charge >= 0.3 is 8.03 Å². The molecule has 0 aliphatic heterocycles. The second-order valence-corrected chi connectivity index (χ2v) is 2.67. The van der Waals surface area contributed by atoms with Crippen molar-refractivity contribution in [3.8, 4) is 0 Å². The summed E-state index contributed by atoms with van der Waals surface area (Å²) in [6.45, 7) is 6.39. The lowest BCUT2D eigenvalue weighted by atomic mass is 10.6. The summed E-state index contributed by atoms with van der Waals surface area (Å²) in [6.07, 6.45) is 0. The summed E-state index contributed by atoms with van der Waals surface area (Å²) >= 11 is 5.19. The summed E-state index contributed by atoms with van der Waals surface area (Å²) in [5.74, 6) is 0. The Labute approximate surface area is 53.3 Å². The summed E-state index contributed by atoms with van der Waals surface area (Å²) in [5, 5.41) is 0.0234. The van der Waals surface area contributed by atoms with Gasteiger partial charge in [-0.05, 0) is 11.1 Å². The molecule has 0 aliphatic rings. The molecule has 0 saturated carbocycles. The van der Waals surface area contributed by atoms with Gasteiger partial charge in [-0.3, -0.25) is 0 Å². The number of hydrogen-bond donors (Lipinski definition) is 1. The van der Waals surface area contributed by atoms with Gasteiger partial charge in [0.25, 0.3) is 0 Å². The van der Waals surface area contributed by atoms with Crippen molar-refractivity contribution >= 4 is 19.6 Å². The molecule has 8 heavy (non-hydrogen) atoms. The molecule has 44 valence electrons. The predicted octanol–water partition coefficient (Wildman–Crippen LogP) is 1.99. The summed E-state index contributed by atoms with van der Waals surface area (Å²) in [4.78, 5) is 8.26. The van der Waals surface area contributed by atoms with Crippen LogP contribution in [-0.4, -0.2) is 4.89 Å². The van der Waals surface area contributed by atoms with Gasteiger partial charge in [-0.25, -0.2) is 0 Å². The molecule has 0 aliphatic carbocycles. The van der Waals surface area contributed by atoms with E-state index >= 15 is 0 Å². The molecule has 0 aromatic rings. The Balaban J connectivity index is 4.05. The molecule has 0 radical (unpaired) electrons. The minimum Gasteiger partial charge on any atom is -0.156 e. The average molecular weight is 152 g/mol. The molecule has 1 unspecified atom stereocenters. The fourth-order valence-corrected chi connectivity index (χ4v) is 0.528. The van der Waals surface area contributed by atoms with Crippen LogP contribution < -0.4 is 0 Å². The highest BCUT2D eigenvalue weighted by atomic mass is 35.5. The van der Waals surface area contributed by atoms with Crippen LogP contribution in [-0.2, 0) is 4.57 Å². The maximum Gasteiger partial charge on any atom is 0.547 e. The Kier molecular flexibility index (Phi) is 2.91. The first-order chi connectivity index (χ1) is 3.55. The fourth-order valence-electron chi connectivity index (χ4n) is 0.104. The molecule has 0 spiro atoms. The monoisotopic (exact) mass is 151 g/mol. The fraction of sp³-hybridized carbons (Fsp3) is 0. The smallest absolute Gasteiger partial charge is 0.156 e. The highest BCUT2D eigenvalue weighted by Gasteiger charge is 2.18. The normalized spacial score (nSPS) is 10.5. The van der Waals surface area contributed by atoms with Crippen LogP contribution in [0.15, 0.2) is 23.5 Å². The summed E-state index contributed by atoms with van der Waals surface area (Å²) < 4.78 is 10.0. The number of hydrogen-bond acceptors (Lipinski definition) is 1. The molecule has 2 nitrogen and oxygen atoms in total. The van der Waals surface area contributed by atoms with E-state index in [-0.39, 0.29) is 10.3 Å². The molecule has 0 fully saturated rings. The van der Waals surface area contributed by atoms with Gasteiger partial charge in [-0.1, -0.05) is 18.2 Å². The van der Waals surface area contributed by atoms with Gasteiger partial charge in [-0.2, -0.15) is 4.89 Å². The lowest BCUT2D eigenvalue weighted by Gasteiger charge is -1.78. The maximum atomic E-state index is 10.0. The quantitative estimate of drug-likeness (QED) is 0.484. The van der Waals surface area contributed by atoms with Crippen molar-refractivity contribution in [3.63, 3.8) is 0 Å². The molecular formula is C4H5ClO2P+.